The van der Waals surface area contributed by atoms with Gasteiger partial charge in [-0.3, -0.25) is 19.3 Å². The molecule has 2 aliphatic rings. The number of unbranched alkanes of at least 4 members (excludes halogenated alkanes) is 1. The number of aliphatic hydroxyl groups excluding tert-OH is 3. The lowest BCUT2D eigenvalue weighted by Gasteiger charge is -2.35. The standard InChI is InChI=1S/C40H61N3O10S/c1-3-4-17-35(40(49)42-36(22-29-11-6-5-7-12-29)38(47)37(46)24-43-18-20-52-21-19-43)41-39(48)32(26-54(50,51)27-33(45)25-53-28(2)44)23-31-15-10-14-30-13-8-9-16-34(30)31/h8-10,13-16,29,32-33,35-38,45-47H,3-7,11-12,17-27H2,1-2H3,(H,41,48)(H,42,49)/t32-,33?,35+,36+,37+,38-/m1/s1. The average Bonchev–Trinajstić information content (AvgIpc) is 3.15. The Morgan fingerprint density at radius 2 is 1.65 bits per heavy atom. The first-order valence-corrected chi connectivity index (χ1v) is 21.4. The molecule has 4 rings (SSSR count). The maximum absolute atomic E-state index is 14.2. The van der Waals surface area contributed by atoms with Gasteiger partial charge in [-0.25, -0.2) is 8.42 Å². The number of carbonyl (C=O) groups excluding carboxylic acids is 3. The van der Waals surface area contributed by atoms with Gasteiger partial charge in [-0.05, 0) is 41.5 Å². The van der Waals surface area contributed by atoms with Gasteiger partial charge in [0.1, 0.15) is 24.9 Å². The Morgan fingerprint density at radius 3 is 2.35 bits per heavy atom. The van der Waals surface area contributed by atoms with E-state index >= 15 is 0 Å². The van der Waals surface area contributed by atoms with E-state index < -0.39 is 82.0 Å². The molecule has 1 unspecified atom stereocenters. The van der Waals surface area contributed by atoms with Gasteiger partial charge in [0.25, 0.3) is 0 Å². The fourth-order valence-electron chi connectivity index (χ4n) is 7.63. The number of rotatable bonds is 21. The molecule has 0 spiro atoms. The number of nitrogens with zero attached hydrogens (tertiary/aromatic N) is 1. The van der Waals surface area contributed by atoms with Crippen molar-refractivity contribution in [1.29, 1.82) is 0 Å². The Kier molecular flexibility index (Phi) is 17.6. The van der Waals surface area contributed by atoms with Crippen molar-refractivity contribution >= 4 is 38.4 Å². The zero-order valence-corrected chi connectivity index (χ0v) is 32.7. The number of morpholine rings is 1. The Balaban J connectivity index is 1.56. The first-order valence-electron chi connectivity index (χ1n) is 19.6. The van der Waals surface area contributed by atoms with Crippen molar-refractivity contribution in [2.75, 3.05) is 51.0 Å². The number of esters is 1. The molecule has 0 aromatic heterocycles. The van der Waals surface area contributed by atoms with Crippen LogP contribution in [0.25, 0.3) is 10.8 Å². The molecule has 1 saturated carbocycles. The molecule has 2 aromatic rings. The number of ether oxygens (including phenoxy) is 2. The normalized spacial score (nSPS) is 19.3. The zero-order valence-electron chi connectivity index (χ0n) is 31.9. The molecule has 0 bridgehead atoms. The van der Waals surface area contributed by atoms with E-state index in [1.54, 1.807) is 0 Å². The molecule has 2 aromatic carbocycles. The summed E-state index contributed by atoms with van der Waals surface area (Å²) in [5.41, 5.74) is 0.753. The van der Waals surface area contributed by atoms with Crippen LogP contribution in [0.5, 0.6) is 0 Å². The minimum Gasteiger partial charge on any atom is -0.463 e. The summed E-state index contributed by atoms with van der Waals surface area (Å²) in [4.78, 5) is 41.6. The summed E-state index contributed by atoms with van der Waals surface area (Å²) in [7, 11) is -4.06. The lowest BCUT2D eigenvalue weighted by Crippen LogP contribution is -2.57. The molecular weight excluding hydrogens is 715 g/mol. The molecule has 0 radical (unpaired) electrons. The lowest BCUT2D eigenvalue weighted by atomic mass is 9.83. The molecule has 6 atom stereocenters. The first-order chi connectivity index (χ1) is 25.8. The number of hydrogen-bond donors (Lipinski definition) is 5. The predicted molar refractivity (Wildman–Crippen MR) is 206 cm³/mol. The number of hydrogen-bond acceptors (Lipinski definition) is 11. The highest BCUT2D eigenvalue weighted by Crippen LogP contribution is 2.29. The van der Waals surface area contributed by atoms with Crippen molar-refractivity contribution in [3.63, 3.8) is 0 Å². The predicted octanol–water partition coefficient (Wildman–Crippen LogP) is 2.52. The SMILES string of the molecule is CCCC[C@H](NC(=O)[C@H](Cc1cccc2ccccc12)CS(=O)(=O)CC(O)COC(C)=O)C(=O)N[C@@H](CC1CCCCC1)[C@@H](O)[C@@H](O)CN1CCOCC1. The van der Waals surface area contributed by atoms with E-state index in [2.05, 4.69) is 10.6 Å². The van der Waals surface area contributed by atoms with Gasteiger partial charge in [-0.1, -0.05) is 94.3 Å². The highest BCUT2D eigenvalue weighted by atomic mass is 32.2. The van der Waals surface area contributed by atoms with Crippen molar-refractivity contribution in [1.82, 2.24) is 15.5 Å². The molecule has 302 valence electrons. The Hall–Kier alpha value is -3.14. The number of sulfone groups is 1. The van der Waals surface area contributed by atoms with Gasteiger partial charge in [0.2, 0.25) is 11.8 Å². The maximum atomic E-state index is 14.2. The summed E-state index contributed by atoms with van der Waals surface area (Å²) in [6.07, 6.45) is 3.51. The molecule has 54 heavy (non-hydrogen) atoms. The molecule has 13 nitrogen and oxygen atoms in total. The summed E-state index contributed by atoms with van der Waals surface area (Å²) in [5.74, 6) is -3.98. The van der Waals surface area contributed by atoms with Crippen LogP contribution in [0.1, 0.15) is 77.2 Å². The second-order valence-electron chi connectivity index (χ2n) is 15.1. The topological polar surface area (TPSA) is 192 Å². The van der Waals surface area contributed by atoms with Crippen molar-refractivity contribution in [2.45, 2.75) is 108 Å². The number of β-amino-alcohol motifs (C(OH)–C–C–N with tert-alkyl or cyclic N) is 1. The summed E-state index contributed by atoms with van der Waals surface area (Å²) in [6, 6.07) is 11.4. The Labute approximate surface area is 320 Å². The van der Waals surface area contributed by atoms with E-state index in [9.17, 15) is 38.1 Å². The first kappa shape index (κ1) is 43.6. The van der Waals surface area contributed by atoms with Crippen molar-refractivity contribution in [2.24, 2.45) is 11.8 Å². The maximum Gasteiger partial charge on any atom is 0.302 e. The number of fused-ring (bicyclic) bond motifs is 1. The number of benzene rings is 2. The van der Waals surface area contributed by atoms with Crippen molar-refractivity contribution < 1.29 is 47.6 Å². The van der Waals surface area contributed by atoms with Crippen LogP contribution in [0, 0.1) is 11.8 Å². The van der Waals surface area contributed by atoms with E-state index in [4.69, 9.17) is 9.47 Å². The number of nitrogens with one attached hydrogen (secondary N) is 2. The fraction of sp³-hybridized carbons (Fsp3) is 0.675. The van der Waals surface area contributed by atoms with Crippen LogP contribution >= 0.6 is 0 Å². The van der Waals surface area contributed by atoms with Crippen LogP contribution in [0.3, 0.4) is 0 Å². The highest BCUT2D eigenvalue weighted by molar-refractivity contribution is 7.91. The molecule has 2 fully saturated rings. The molecule has 1 aliphatic heterocycles. The summed E-state index contributed by atoms with van der Waals surface area (Å²) in [5, 5.41) is 40.7. The second-order valence-corrected chi connectivity index (χ2v) is 17.3. The minimum atomic E-state index is -4.06. The third-order valence-electron chi connectivity index (χ3n) is 10.6. The van der Waals surface area contributed by atoms with Gasteiger partial charge in [0, 0.05) is 26.6 Å². The van der Waals surface area contributed by atoms with Gasteiger partial charge in [-0.2, -0.15) is 0 Å². The third-order valence-corrected chi connectivity index (χ3v) is 12.4. The summed E-state index contributed by atoms with van der Waals surface area (Å²) in [6.45, 7) is 5.21. The molecule has 1 saturated heterocycles. The second kappa shape index (κ2) is 21.8. The van der Waals surface area contributed by atoms with Crippen LogP contribution in [-0.2, 0) is 40.1 Å². The van der Waals surface area contributed by atoms with Gasteiger partial charge < -0.3 is 35.4 Å². The van der Waals surface area contributed by atoms with Crippen LogP contribution in [-0.4, -0.2) is 128 Å². The quantitative estimate of drug-likeness (QED) is 0.117. The van der Waals surface area contributed by atoms with E-state index in [0.29, 0.717) is 39.1 Å². The number of amides is 2. The van der Waals surface area contributed by atoms with E-state index in [1.807, 2.05) is 54.3 Å². The number of aliphatic hydroxyl groups is 3. The summed E-state index contributed by atoms with van der Waals surface area (Å²) < 4.78 is 37.1. The molecule has 1 heterocycles. The van der Waals surface area contributed by atoms with Gasteiger partial charge in [-0.15, -0.1) is 0 Å². The minimum absolute atomic E-state index is 0.0470. The lowest BCUT2D eigenvalue weighted by molar-refractivity contribution is -0.143. The molecule has 1 aliphatic carbocycles. The largest absolute Gasteiger partial charge is 0.463 e. The van der Waals surface area contributed by atoms with Gasteiger partial charge in [0.05, 0.1) is 42.8 Å². The van der Waals surface area contributed by atoms with E-state index in [-0.39, 0.29) is 25.3 Å². The molecule has 2 amide bonds. The highest BCUT2D eigenvalue weighted by Gasteiger charge is 2.35. The van der Waals surface area contributed by atoms with Crippen LogP contribution in [0.15, 0.2) is 42.5 Å². The number of carbonyl (C=O) groups is 3. The fourth-order valence-corrected chi connectivity index (χ4v) is 9.33. The monoisotopic (exact) mass is 775 g/mol. The van der Waals surface area contributed by atoms with Crippen LogP contribution in [0.4, 0.5) is 0 Å². The van der Waals surface area contributed by atoms with Crippen molar-refractivity contribution in [3.05, 3.63) is 48.0 Å². The van der Waals surface area contributed by atoms with Gasteiger partial charge >= 0.3 is 5.97 Å². The van der Waals surface area contributed by atoms with E-state index in [1.165, 1.54) is 0 Å². The van der Waals surface area contributed by atoms with Crippen LogP contribution < -0.4 is 10.6 Å². The molecular formula is C40H61N3O10S. The average molecular weight is 776 g/mol. The third kappa shape index (κ3) is 14.2. The summed E-state index contributed by atoms with van der Waals surface area (Å²) >= 11 is 0. The van der Waals surface area contributed by atoms with Crippen LogP contribution in [0.2, 0.25) is 0 Å². The molecule has 14 heteroatoms. The Morgan fingerprint density at radius 1 is 0.944 bits per heavy atom. The Bertz CT molecular complexity index is 1590. The molecule has 5 N–H and O–H groups in total. The smallest absolute Gasteiger partial charge is 0.302 e. The van der Waals surface area contributed by atoms with Crippen molar-refractivity contribution in [3.8, 4) is 0 Å². The van der Waals surface area contributed by atoms with Gasteiger partial charge in [0.15, 0.2) is 9.84 Å². The zero-order chi connectivity index (χ0) is 39.1. The van der Waals surface area contributed by atoms with E-state index in [0.717, 1.165) is 61.8 Å².